The number of piperidine rings is 1. The van der Waals surface area contributed by atoms with Gasteiger partial charge in [-0.2, -0.15) is 4.31 Å². The Kier molecular flexibility index (Phi) is 8.83. The van der Waals surface area contributed by atoms with E-state index >= 15 is 0 Å². The van der Waals surface area contributed by atoms with Crippen molar-refractivity contribution < 1.29 is 36.7 Å². The maximum absolute atomic E-state index is 14.8. The summed E-state index contributed by atoms with van der Waals surface area (Å²) in [5.74, 6) is -4.65. The molecule has 38 heavy (non-hydrogen) atoms. The molecule has 10 nitrogen and oxygen atoms in total. The van der Waals surface area contributed by atoms with Crippen molar-refractivity contribution in [3.8, 4) is 11.5 Å². The average molecular weight is 573 g/mol. The number of likely N-dealkylation sites (tertiary alicyclic amines) is 1. The number of piperazine rings is 1. The monoisotopic (exact) mass is 572 g/mol. The third kappa shape index (κ3) is 6.24. The summed E-state index contributed by atoms with van der Waals surface area (Å²) in [6.45, 7) is 0.986. The van der Waals surface area contributed by atoms with Crippen molar-refractivity contribution in [1.29, 1.82) is 0 Å². The lowest BCUT2D eigenvalue weighted by molar-refractivity contribution is -0.140. The van der Waals surface area contributed by atoms with Gasteiger partial charge in [-0.1, -0.05) is 18.0 Å². The van der Waals surface area contributed by atoms with E-state index in [1.807, 2.05) is 4.90 Å². The predicted molar refractivity (Wildman–Crippen MR) is 132 cm³/mol. The molecule has 0 aliphatic carbocycles. The molecule has 2 aromatic carbocycles. The first-order chi connectivity index (χ1) is 18.1. The van der Waals surface area contributed by atoms with Gasteiger partial charge in [0.1, 0.15) is 11.8 Å². The lowest BCUT2D eigenvalue weighted by atomic mass is 10.1. The lowest BCUT2D eigenvalue weighted by Gasteiger charge is -2.40. The van der Waals surface area contributed by atoms with E-state index in [9.17, 15) is 32.0 Å². The number of ether oxygens (including phenoxy) is 1. The topological polar surface area (TPSA) is 119 Å². The lowest BCUT2D eigenvalue weighted by Crippen LogP contribution is -2.62. The zero-order valence-electron chi connectivity index (χ0n) is 20.3. The van der Waals surface area contributed by atoms with Gasteiger partial charge in [-0.3, -0.25) is 19.7 Å². The van der Waals surface area contributed by atoms with E-state index in [2.05, 4.69) is 0 Å². The maximum atomic E-state index is 14.8. The number of carbonyl (C=O) groups excluding carboxylic acids is 2. The van der Waals surface area contributed by atoms with Gasteiger partial charge in [-0.25, -0.2) is 22.7 Å². The van der Waals surface area contributed by atoms with Gasteiger partial charge in [0, 0.05) is 24.7 Å². The van der Waals surface area contributed by atoms with Gasteiger partial charge in [0.05, 0.1) is 11.4 Å². The van der Waals surface area contributed by atoms with E-state index in [1.54, 1.807) is 0 Å². The Labute approximate surface area is 223 Å². The Morgan fingerprint density at radius 3 is 2.26 bits per heavy atom. The second-order valence-electron chi connectivity index (χ2n) is 9.06. The third-order valence-corrected chi connectivity index (χ3v) is 8.65. The number of benzene rings is 2. The standard InChI is InChI=1S/C24H27ClF2N4O6S/c25-16-4-6-17(7-5-16)37-23-19(26)12-18(13-20(23)27)38(35,36)31-11-10-30(14-21(31)24(33)28-34)22(32)15-29-8-2-1-3-9-29/h4-7,12-13,21,34H,1-3,8-11,14-15H2,(H,28,33)/t21-/m0/s1. The fraction of sp³-hybridized carbons (Fsp3) is 0.417. The zero-order valence-corrected chi connectivity index (χ0v) is 21.9. The van der Waals surface area contributed by atoms with E-state index in [0.717, 1.165) is 36.7 Å². The highest BCUT2D eigenvalue weighted by Crippen LogP contribution is 2.32. The van der Waals surface area contributed by atoms with Gasteiger partial charge in [0.2, 0.25) is 15.9 Å². The molecule has 2 aliphatic rings. The van der Waals surface area contributed by atoms with E-state index < -0.39 is 44.3 Å². The van der Waals surface area contributed by atoms with E-state index in [-0.39, 0.29) is 37.8 Å². The van der Waals surface area contributed by atoms with Crippen LogP contribution in [0.25, 0.3) is 0 Å². The Balaban J connectivity index is 1.54. The van der Waals surface area contributed by atoms with Gasteiger partial charge in [0.15, 0.2) is 17.4 Å². The van der Waals surface area contributed by atoms with Crippen LogP contribution in [0.2, 0.25) is 5.02 Å². The fourth-order valence-corrected chi connectivity index (χ4v) is 6.24. The minimum atomic E-state index is -4.62. The van der Waals surface area contributed by atoms with Crippen molar-refractivity contribution in [2.45, 2.75) is 30.2 Å². The number of halogens is 3. The molecule has 2 N–H and O–H groups in total. The number of carbonyl (C=O) groups is 2. The SMILES string of the molecule is O=C(NO)[C@@H]1CN(C(=O)CN2CCCCC2)CCN1S(=O)(=O)c1cc(F)c(Oc2ccc(Cl)cc2)c(F)c1. The van der Waals surface area contributed by atoms with Crippen LogP contribution in [0.5, 0.6) is 11.5 Å². The molecule has 2 aromatic rings. The van der Waals surface area contributed by atoms with Gasteiger partial charge in [-0.05, 0) is 62.3 Å². The summed E-state index contributed by atoms with van der Waals surface area (Å²) < 4.78 is 62.4. The van der Waals surface area contributed by atoms with Crippen LogP contribution < -0.4 is 10.2 Å². The summed E-state index contributed by atoms with van der Waals surface area (Å²) in [6.07, 6.45) is 3.05. The highest BCUT2D eigenvalue weighted by Gasteiger charge is 2.42. The Morgan fingerprint density at radius 2 is 1.66 bits per heavy atom. The molecule has 206 valence electrons. The van der Waals surface area contributed by atoms with Crippen molar-refractivity contribution in [3.05, 3.63) is 53.1 Å². The van der Waals surface area contributed by atoms with Crippen LogP contribution in [-0.2, 0) is 19.6 Å². The molecule has 1 atom stereocenters. The second kappa shape index (κ2) is 11.9. The maximum Gasteiger partial charge on any atom is 0.263 e. The Bertz CT molecular complexity index is 1270. The van der Waals surface area contributed by atoms with E-state index in [0.29, 0.717) is 17.2 Å². The second-order valence-corrected chi connectivity index (χ2v) is 11.4. The van der Waals surface area contributed by atoms with Gasteiger partial charge < -0.3 is 9.64 Å². The molecular formula is C24H27ClF2N4O6S. The van der Waals surface area contributed by atoms with E-state index in [1.165, 1.54) is 34.6 Å². The number of nitrogens with zero attached hydrogens (tertiary/aromatic N) is 3. The van der Waals surface area contributed by atoms with Crippen LogP contribution in [-0.4, -0.2) is 84.9 Å². The number of hydroxylamine groups is 1. The molecule has 0 unspecified atom stereocenters. The molecule has 0 radical (unpaired) electrons. The quantitative estimate of drug-likeness (QED) is 0.387. The summed E-state index contributed by atoms with van der Waals surface area (Å²) in [5, 5.41) is 9.62. The third-order valence-electron chi connectivity index (χ3n) is 6.52. The molecule has 0 aromatic heterocycles. The van der Waals surface area contributed by atoms with Crippen LogP contribution in [0.15, 0.2) is 41.3 Å². The number of sulfonamides is 1. The van der Waals surface area contributed by atoms with Crippen LogP contribution in [0, 0.1) is 11.6 Å². The van der Waals surface area contributed by atoms with Crippen LogP contribution in [0.1, 0.15) is 19.3 Å². The molecular weight excluding hydrogens is 546 g/mol. The first-order valence-electron chi connectivity index (χ1n) is 12.0. The van der Waals surface area contributed by atoms with Crippen LogP contribution in [0.4, 0.5) is 8.78 Å². The Hall–Kier alpha value is -2.84. The molecule has 0 saturated carbocycles. The number of hydrogen-bond acceptors (Lipinski definition) is 7. The number of hydrogen-bond donors (Lipinski definition) is 2. The number of amides is 2. The van der Waals surface area contributed by atoms with Gasteiger partial charge in [0.25, 0.3) is 5.91 Å². The van der Waals surface area contributed by atoms with Crippen LogP contribution in [0.3, 0.4) is 0 Å². The van der Waals surface area contributed by atoms with E-state index in [4.69, 9.17) is 16.3 Å². The number of nitrogens with one attached hydrogen (secondary N) is 1. The molecule has 2 fully saturated rings. The summed E-state index contributed by atoms with van der Waals surface area (Å²) in [6, 6.07) is 5.34. The highest BCUT2D eigenvalue weighted by atomic mass is 35.5. The van der Waals surface area contributed by atoms with Crippen molar-refractivity contribution in [3.63, 3.8) is 0 Å². The zero-order chi connectivity index (χ0) is 27.4. The normalized spacial score (nSPS) is 19.3. The molecule has 0 bridgehead atoms. The molecule has 2 aliphatic heterocycles. The molecule has 2 saturated heterocycles. The molecule has 14 heteroatoms. The molecule has 4 rings (SSSR count). The molecule has 0 spiro atoms. The minimum Gasteiger partial charge on any atom is -0.451 e. The summed E-state index contributed by atoms with van der Waals surface area (Å²) >= 11 is 5.79. The summed E-state index contributed by atoms with van der Waals surface area (Å²) in [5.41, 5.74) is 1.42. The average Bonchev–Trinajstić information content (AvgIpc) is 2.91. The van der Waals surface area contributed by atoms with Crippen molar-refractivity contribution >= 4 is 33.4 Å². The smallest absolute Gasteiger partial charge is 0.263 e. The van der Waals surface area contributed by atoms with Crippen molar-refractivity contribution in [2.24, 2.45) is 0 Å². The van der Waals surface area contributed by atoms with Crippen molar-refractivity contribution in [1.82, 2.24) is 19.6 Å². The number of rotatable bonds is 7. The minimum absolute atomic E-state index is 0.0379. The first kappa shape index (κ1) is 28.2. The largest absolute Gasteiger partial charge is 0.451 e. The predicted octanol–water partition coefficient (Wildman–Crippen LogP) is 2.60. The Morgan fingerprint density at radius 1 is 1.03 bits per heavy atom. The highest BCUT2D eigenvalue weighted by molar-refractivity contribution is 7.89. The van der Waals surface area contributed by atoms with Gasteiger partial charge >= 0.3 is 0 Å². The summed E-state index contributed by atoms with van der Waals surface area (Å²) in [7, 11) is -4.62. The first-order valence-corrected chi connectivity index (χ1v) is 13.8. The summed E-state index contributed by atoms with van der Waals surface area (Å²) in [4.78, 5) is 27.9. The van der Waals surface area contributed by atoms with Crippen molar-refractivity contribution in [2.75, 3.05) is 39.3 Å². The molecule has 2 heterocycles. The molecule has 2 amide bonds. The van der Waals surface area contributed by atoms with Crippen LogP contribution >= 0.6 is 11.6 Å². The van der Waals surface area contributed by atoms with Gasteiger partial charge in [-0.15, -0.1) is 0 Å². The fourth-order valence-electron chi connectivity index (χ4n) is 4.52.